The Morgan fingerprint density at radius 2 is 1.76 bits per heavy atom. The minimum atomic E-state index is -3.22. The molecule has 1 N–H and O–H groups in total. The Bertz CT molecular complexity index is 1510. The molecular formula is C24H25Cl2N7O3S. The molecule has 1 unspecified atom stereocenters. The third kappa shape index (κ3) is 5.49. The molecule has 0 saturated carbocycles. The molecule has 1 aromatic carbocycles. The molecule has 1 fully saturated rings. The summed E-state index contributed by atoms with van der Waals surface area (Å²) in [4.78, 5) is 15.1. The maximum Gasteiger partial charge on any atom is 0.225 e. The molecule has 4 aromatic rings. The quantitative estimate of drug-likeness (QED) is 0.369. The van der Waals surface area contributed by atoms with Gasteiger partial charge in [0, 0.05) is 67.5 Å². The number of benzene rings is 1. The number of hydrogen-bond acceptors (Lipinski definition) is 8. The number of aromatic nitrogens is 5. The Kier molecular flexibility index (Phi) is 7.21. The molecule has 0 amide bonds. The van der Waals surface area contributed by atoms with E-state index in [1.54, 1.807) is 12.4 Å². The summed E-state index contributed by atoms with van der Waals surface area (Å²) in [6, 6.07) is 5.64. The van der Waals surface area contributed by atoms with Gasteiger partial charge in [0.05, 0.1) is 21.8 Å². The van der Waals surface area contributed by atoms with Crippen LogP contribution in [0.15, 0.2) is 43.0 Å². The summed E-state index contributed by atoms with van der Waals surface area (Å²) in [6.07, 6.45) is 8.08. The van der Waals surface area contributed by atoms with E-state index in [4.69, 9.17) is 27.9 Å². The van der Waals surface area contributed by atoms with Crippen molar-refractivity contribution in [3.8, 4) is 17.0 Å². The van der Waals surface area contributed by atoms with Gasteiger partial charge in [-0.1, -0.05) is 23.2 Å². The molecule has 37 heavy (non-hydrogen) atoms. The average molecular weight is 562 g/mol. The van der Waals surface area contributed by atoms with E-state index in [-0.39, 0.29) is 0 Å². The molecular weight excluding hydrogens is 537 g/mol. The number of sulfonamides is 1. The normalized spacial score (nSPS) is 16.1. The second kappa shape index (κ2) is 10.4. The maximum atomic E-state index is 11.9. The summed E-state index contributed by atoms with van der Waals surface area (Å²) in [5.41, 5.74) is 2.95. The van der Waals surface area contributed by atoms with Crippen molar-refractivity contribution >= 4 is 50.1 Å². The number of H-pyrrole nitrogens is 1. The van der Waals surface area contributed by atoms with Gasteiger partial charge in [0.25, 0.3) is 0 Å². The van der Waals surface area contributed by atoms with Crippen molar-refractivity contribution in [1.29, 1.82) is 0 Å². The second-order valence-electron chi connectivity index (χ2n) is 8.83. The van der Waals surface area contributed by atoms with Crippen molar-refractivity contribution in [3.63, 3.8) is 0 Å². The molecule has 194 valence electrons. The van der Waals surface area contributed by atoms with E-state index < -0.39 is 16.1 Å². The van der Waals surface area contributed by atoms with E-state index >= 15 is 0 Å². The summed E-state index contributed by atoms with van der Waals surface area (Å²) >= 11 is 12.6. The molecule has 13 heteroatoms. The fourth-order valence-corrected chi connectivity index (χ4v) is 5.94. The van der Waals surface area contributed by atoms with Crippen molar-refractivity contribution in [2.45, 2.75) is 19.4 Å². The smallest absolute Gasteiger partial charge is 0.225 e. The second-order valence-corrected chi connectivity index (χ2v) is 11.6. The van der Waals surface area contributed by atoms with E-state index in [0.29, 0.717) is 65.6 Å². The lowest BCUT2D eigenvalue weighted by molar-refractivity contribution is 0.227. The number of aromatic amines is 1. The summed E-state index contributed by atoms with van der Waals surface area (Å²) in [7, 11) is -3.22. The van der Waals surface area contributed by atoms with E-state index in [1.807, 2.05) is 30.0 Å². The number of nitrogens with one attached hydrogen (secondary N) is 1. The summed E-state index contributed by atoms with van der Waals surface area (Å²) in [5.74, 6) is 1.19. The van der Waals surface area contributed by atoms with Crippen molar-refractivity contribution in [2.24, 2.45) is 0 Å². The molecule has 0 aliphatic carbocycles. The van der Waals surface area contributed by atoms with Gasteiger partial charge in [-0.05, 0) is 31.5 Å². The Hall–Kier alpha value is -2.99. The maximum absolute atomic E-state index is 11.9. The first kappa shape index (κ1) is 25.7. The van der Waals surface area contributed by atoms with E-state index in [9.17, 15) is 8.42 Å². The van der Waals surface area contributed by atoms with Crippen LogP contribution in [-0.4, -0.2) is 70.3 Å². The van der Waals surface area contributed by atoms with Crippen LogP contribution < -0.4 is 9.64 Å². The molecule has 0 spiro atoms. The predicted octanol–water partition coefficient (Wildman–Crippen LogP) is 4.33. The van der Waals surface area contributed by atoms with Gasteiger partial charge in [0.1, 0.15) is 17.5 Å². The number of nitrogens with zero attached hydrogens (tertiary/aromatic N) is 6. The number of hydrogen-bond donors (Lipinski definition) is 1. The monoisotopic (exact) mass is 561 g/mol. The summed E-state index contributed by atoms with van der Waals surface area (Å²) in [6.45, 7) is 3.99. The molecule has 1 atom stereocenters. The van der Waals surface area contributed by atoms with E-state index in [2.05, 4.69) is 25.1 Å². The van der Waals surface area contributed by atoms with Crippen LogP contribution >= 0.6 is 23.2 Å². The zero-order valence-corrected chi connectivity index (χ0v) is 22.6. The fourth-order valence-electron chi connectivity index (χ4n) is 4.39. The van der Waals surface area contributed by atoms with Gasteiger partial charge < -0.3 is 9.64 Å². The first-order chi connectivity index (χ1) is 17.7. The van der Waals surface area contributed by atoms with Crippen LogP contribution in [0.25, 0.3) is 22.2 Å². The van der Waals surface area contributed by atoms with Gasteiger partial charge in [-0.2, -0.15) is 5.10 Å². The Morgan fingerprint density at radius 1 is 1.03 bits per heavy atom. The zero-order chi connectivity index (χ0) is 26.2. The fraction of sp³-hybridized carbons (Fsp3) is 0.333. The van der Waals surface area contributed by atoms with Crippen molar-refractivity contribution in [3.05, 3.63) is 58.6 Å². The van der Waals surface area contributed by atoms with Gasteiger partial charge in [-0.25, -0.2) is 22.7 Å². The van der Waals surface area contributed by atoms with Gasteiger partial charge in [-0.3, -0.25) is 10.1 Å². The number of pyridine rings is 1. The third-order valence-electron chi connectivity index (χ3n) is 6.26. The number of rotatable bonds is 6. The lowest BCUT2D eigenvalue weighted by Gasteiger charge is -2.20. The van der Waals surface area contributed by atoms with E-state index in [1.165, 1.54) is 23.0 Å². The highest BCUT2D eigenvalue weighted by Crippen LogP contribution is 2.34. The van der Waals surface area contributed by atoms with Crippen molar-refractivity contribution in [2.75, 3.05) is 37.3 Å². The van der Waals surface area contributed by atoms with Crippen molar-refractivity contribution < 1.29 is 13.2 Å². The molecule has 10 nitrogen and oxygen atoms in total. The minimum Gasteiger partial charge on any atom is -0.486 e. The molecule has 0 radical (unpaired) electrons. The lowest BCUT2D eigenvalue weighted by atomic mass is 10.1. The van der Waals surface area contributed by atoms with Crippen molar-refractivity contribution in [1.82, 2.24) is 29.5 Å². The molecule has 1 aliphatic rings. The number of ether oxygens (including phenoxy) is 1. The lowest BCUT2D eigenvalue weighted by Crippen LogP contribution is -2.34. The Labute approximate surface area is 224 Å². The zero-order valence-electron chi connectivity index (χ0n) is 20.2. The van der Waals surface area contributed by atoms with Crippen LogP contribution in [-0.2, 0) is 10.0 Å². The van der Waals surface area contributed by atoms with Crippen LogP contribution in [0.4, 0.5) is 5.95 Å². The molecule has 3 aromatic heterocycles. The van der Waals surface area contributed by atoms with Gasteiger partial charge in [0.15, 0.2) is 0 Å². The molecule has 1 aliphatic heterocycles. The van der Waals surface area contributed by atoms with Crippen LogP contribution in [0.3, 0.4) is 0 Å². The SMILES string of the molecule is CC(Oc1ccc2[nH]nc(-c3cnc(N4CCCN(S(C)(=O)=O)CC4)nc3)c2c1)c1c(Cl)cncc1Cl. The van der Waals surface area contributed by atoms with Gasteiger partial charge >= 0.3 is 0 Å². The topological polar surface area (TPSA) is 117 Å². The Morgan fingerprint density at radius 3 is 2.46 bits per heavy atom. The summed E-state index contributed by atoms with van der Waals surface area (Å²) in [5, 5.41) is 9.24. The minimum absolute atomic E-state index is 0.398. The number of halogens is 2. The highest BCUT2D eigenvalue weighted by atomic mass is 35.5. The average Bonchev–Trinajstić information content (AvgIpc) is 3.10. The standard InChI is InChI=1S/C24H25Cl2N7O3S/c1-15(22-19(25)13-27-14-20(22)26)36-17-4-5-21-18(10-17)23(31-30-21)16-11-28-24(29-12-16)32-6-3-7-33(9-8-32)37(2,34)35/h4-5,10-15H,3,6-9H2,1-2H3,(H,30,31). The van der Waals surface area contributed by atoms with Crippen LogP contribution in [0.2, 0.25) is 10.0 Å². The molecule has 0 bridgehead atoms. The van der Waals surface area contributed by atoms with Crippen LogP contribution in [0.5, 0.6) is 5.75 Å². The summed E-state index contributed by atoms with van der Waals surface area (Å²) < 4.78 is 31.4. The van der Waals surface area contributed by atoms with E-state index in [0.717, 1.165) is 16.5 Å². The number of fused-ring (bicyclic) bond motifs is 1. The third-order valence-corrected chi connectivity index (χ3v) is 8.17. The largest absolute Gasteiger partial charge is 0.486 e. The van der Waals surface area contributed by atoms with Gasteiger partial charge in [-0.15, -0.1) is 0 Å². The molecule has 1 saturated heterocycles. The predicted molar refractivity (Wildman–Crippen MR) is 144 cm³/mol. The number of anilines is 1. The first-order valence-corrected chi connectivity index (χ1v) is 14.3. The Balaban J connectivity index is 1.36. The van der Waals surface area contributed by atoms with Crippen LogP contribution in [0.1, 0.15) is 25.0 Å². The molecule has 5 rings (SSSR count). The van der Waals surface area contributed by atoms with Gasteiger partial charge in [0.2, 0.25) is 16.0 Å². The highest BCUT2D eigenvalue weighted by Gasteiger charge is 2.23. The highest BCUT2D eigenvalue weighted by molar-refractivity contribution is 7.88. The first-order valence-electron chi connectivity index (χ1n) is 11.7. The molecule has 4 heterocycles. The van der Waals surface area contributed by atoms with Crippen LogP contribution in [0, 0.1) is 0 Å².